The average Bonchev–Trinajstić information content (AvgIpc) is 1.99. The lowest BCUT2D eigenvalue weighted by Gasteiger charge is -2.10. The van der Waals surface area contributed by atoms with E-state index < -0.39 is 0 Å². The number of unbranched alkanes of at least 4 members (excludes halogenated alkanes) is 2. The lowest BCUT2D eigenvalue weighted by molar-refractivity contribution is 0.00775. The normalized spacial score (nSPS) is 13.4. The Morgan fingerprint density at radius 3 is 2.55 bits per heavy atom. The minimum absolute atomic E-state index is 0.247. The van der Waals surface area contributed by atoms with Gasteiger partial charge in [0.2, 0.25) is 0 Å². The summed E-state index contributed by atoms with van der Waals surface area (Å²) >= 11 is 0. The molecule has 0 saturated carbocycles. The minimum atomic E-state index is 0.247. The molecule has 0 heterocycles. The summed E-state index contributed by atoms with van der Waals surface area (Å²) in [5.74, 6) is 0. The molecule has 0 fully saturated rings. The molecule has 2 heteroatoms. The monoisotopic (exact) mass is 160 g/mol. The van der Waals surface area contributed by atoms with Crippen LogP contribution in [0.25, 0.3) is 0 Å². The third kappa shape index (κ3) is 7.82. The molecule has 1 atom stereocenters. The summed E-state index contributed by atoms with van der Waals surface area (Å²) < 4.78 is 10.4. The Kier molecular flexibility index (Phi) is 7.96. The van der Waals surface area contributed by atoms with Crippen molar-refractivity contribution in [2.45, 2.75) is 39.2 Å². The lowest BCUT2D eigenvalue weighted by Crippen LogP contribution is -2.15. The van der Waals surface area contributed by atoms with Crippen LogP contribution in [0.5, 0.6) is 0 Å². The van der Waals surface area contributed by atoms with Crippen molar-refractivity contribution in [3.63, 3.8) is 0 Å². The molecular weight excluding hydrogens is 140 g/mol. The molecule has 2 nitrogen and oxygen atoms in total. The molecule has 0 aromatic heterocycles. The molecule has 11 heavy (non-hydrogen) atoms. The first-order chi connectivity index (χ1) is 5.31. The fourth-order valence-corrected chi connectivity index (χ4v) is 0.919. The van der Waals surface area contributed by atoms with Crippen LogP contribution in [0.2, 0.25) is 0 Å². The van der Waals surface area contributed by atoms with Crippen LogP contribution in [0, 0.1) is 0 Å². The first kappa shape index (κ1) is 10.9. The van der Waals surface area contributed by atoms with Crippen molar-refractivity contribution >= 4 is 0 Å². The van der Waals surface area contributed by atoms with E-state index in [-0.39, 0.29) is 6.10 Å². The van der Waals surface area contributed by atoms with Crippen LogP contribution in [-0.2, 0) is 9.47 Å². The van der Waals surface area contributed by atoms with Gasteiger partial charge in [-0.3, -0.25) is 0 Å². The molecule has 1 unspecified atom stereocenters. The number of ether oxygens (including phenoxy) is 2. The second-order valence-electron chi connectivity index (χ2n) is 2.84. The molecule has 0 aliphatic carbocycles. The molecule has 0 aromatic carbocycles. The van der Waals surface area contributed by atoms with Gasteiger partial charge >= 0.3 is 0 Å². The molecule has 0 aliphatic rings. The SMILES string of the molecule is CCCCCOC(C)COC. The Morgan fingerprint density at radius 2 is 2.00 bits per heavy atom. The van der Waals surface area contributed by atoms with Gasteiger partial charge in [0.15, 0.2) is 0 Å². The van der Waals surface area contributed by atoms with Crippen molar-refractivity contribution < 1.29 is 9.47 Å². The molecule has 0 amide bonds. The molecule has 0 N–H and O–H groups in total. The van der Waals surface area contributed by atoms with Gasteiger partial charge in [0, 0.05) is 13.7 Å². The number of methoxy groups -OCH3 is 1. The van der Waals surface area contributed by atoms with Gasteiger partial charge in [0.25, 0.3) is 0 Å². The van der Waals surface area contributed by atoms with E-state index in [1.807, 2.05) is 6.92 Å². The molecule has 0 spiro atoms. The van der Waals surface area contributed by atoms with Gasteiger partial charge in [-0.25, -0.2) is 0 Å². The van der Waals surface area contributed by atoms with Crippen molar-refractivity contribution in [3.8, 4) is 0 Å². The van der Waals surface area contributed by atoms with E-state index in [9.17, 15) is 0 Å². The summed E-state index contributed by atoms with van der Waals surface area (Å²) in [5, 5.41) is 0. The second kappa shape index (κ2) is 8.02. The van der Waals surface area contributed by atoms with E-state index in [4.69, 9.17) is 9.47 Å². The highest BCUT2D eigenvalue weighted by Gasteiger charge is 1.98. The highest BCUT2D eigenvalue weighted by Crippen LogP contribution is 1.97. The molecule has 0 bridgehead atoms. The summed E-state index contributed by atoms with van der Waals surface area (Å²) in [6.45, 7) is 5.80. The van der Waals surface area contributed by atoms with Gasteiger partial charge in [-0.15, -0.1) is 0 Å². The van der Waals surface area contributed by atoms with Crippen molar-refractivity contribution in [1.29, 1.82) is 0 Å². The predicted molar refractivity (Wildman–Crippen MR) is 46.8 cm³/mol. The van der Waals surface area contributed by atoms with Crippen LogP contribution in [0.15, 0.2) is 0 Å². The lowest BCUT2D eigenvalue weighted by atomic mass is 10.3. The second-order valence-corrected chi connectivity index (χ2v) is 2.84. The molecule has 0 rings (SSSR count). The molecular formula is C9H20O2. The van der Waals surface area contributed by atoms with Crippen molar-refractivity contribution in [2.75, 3.05) is 20.3 Å². The van der Waals surface area contributed by atoms with Gasteiger partial charge in [0.1, 0.15) is 0 Å². The van der Waals surface area contributed by atoms with Crippen molar-refractivity contribution in [1.82, 2.24) is 0 Å². The van der Waals surface area contributed by atoms with Gasteiger partial charge in [-0.1, -0.05) is 19.8 Å². The van der Waals surface area contributed by atoms with E-state index in [1.165, 1.54) is 19.3 Å². The van der Waals surface area contributed by atoms with Gasteiger partial charge < -0.3 is 9.47 Å². The summed E-state index contributed by atoms with van der Waals surface area (Å²) in [6.07, 6.45) is 3.93. The van der Waals surface area contributed by atoms with Crippen LogP contribution in [0.1, 0.15) is 33.1 Å². The third-order valence-corrected chi connectivity index (χ3v) is 1.55. The van der Waals surface area contributed by atoms with Gasteiger partial charge in [0.05, 0.1) is 12.7 Å². The summed E-state index contributed by atoms with van der Waals surface area (Å²) in [4.78, 5) is 0. The Balaban J connectivity index is 2.97. The number of hydrogen-bond donors (Lipinski definition) is 0. The summed E-state index contributed by atoms with van der Waals surface area (Å²) in [7, 11) is 1.70. The van der Waals surface area contributed by atoms with Crippen LogP contribution in [0.4, 0.5) is 0 Å². The van der Waals surface area contributed by atoms with Crippen molar-refractivity contribution in [2.24, 2.45) is 0 Å². The van der Waals surface area contributed by atoms with E-state index in [1.54, 1.807) is 7.11 Å². The Hall–Kier alpha value is -0.0800. The summed E-state index contributed by atoms with van der Waals surface area (Å²) in [6, 6.07) is 0. The fourth-order valence-electron chi connectivity index (χ4n) is 0.919. The van der Waals surface area contributed by atoms with Gasteiger partial charge in [-0.05, 0) is 13.3 Å². The Morgan fingerprint density at radius 1 is 1.27 bits per heavy atom. The zero-order valence-electron chi connectivity index (χ0n) is 7.93. The Labute approximate surface area is 69.9 Å². The third-order valence-electron chi connectivity index (χ3n) is 1.55. The summed E-state index contributed by atoms with van der Waals surface area (Å²) in [5.41, 5.74) is 0. The zero-order chi connectivity index (χ0) is 8.53. The quantitative estimate of drug-likeness (QED) is 0.532. The predicted octanol–water partition coefficient (Wildman–Crippen LogP) is 2.23. The van der Waals surface area contributed by atoms with E-state index in [2.05, 4.69) is 6.92 Å². The fraction of sp³-hybridized carbons (Fsp3) is 1.00. The standard InChI is InChI=1S/C9H20O2/c1-4-5-6-7-11-9(2)8-10-3/h9H,4-8H2,1-3H3. The number of hydrogen-bond acceptors (Lipinski definition) is 2. The first-order valence-electron chi connectivity index (χ1n) is 4.41. The zero-order valence-corrected chi connectivity index (χ0v) is 7.93. The Bertz CT molecular complexity index is 74.0. The molecule has 68 valence electrons. The van der Waals surface area contributed by atoms with Crippen molar-refractivity contribution in [3.05, 3.63) is 0 Å². The van der Waals surface area contributed by atoms with Crippen LogP contribution < -0.4 is 0 Å². The van der Waals surface area contributed by atoms with E-state index in [0.29, 0.717) is 6.61 Å². The van der Waals surface area contributed by atoms with Crippen LogP contribution in [-0.4, -0.2) is 26.4 Å². The van der Waals surface area contributed by atoms with E-state index >= 15 is 0 Å². The van der Waals surface area contributed by atoms with Crippen LogP contribution in [0.3, 0.4) is 0 Å². The molecule has 0 aliphatic heterocycles. The smallest absolute Gasteiger partial charge is 0.0780 e. The highest BCUT2D eigenvalue weighted by molar-refractivity contribution is 4.46. The highest BCUT2D eigenvalue weighted by atomic mass is 16.5. The van der Waals surface area contributed by atoms with E-state index in [0.717, 1.165) is 6.61 Å². The maximum Gasteiger partial charge on any atom is 0.0780 e. The first-order valence-corrected chi connectivity index (χ1v) is 4.41. The van der Waals surface area contributed by atoms with Gasteiger partial charge in [-0.2, -0.15) is 0 Å². The number of rotatable bonds is 7. The minimum Gasteiger partial charge on any atom is -0.382 e. The topological polar surface area (TPSA) is 18.5 Å². The average molecular weight is 160 g/mol. The molecule has 0 radical (unpaired) electrons. The largest absolute Gasteiger partial charge is 0.382 e. The van der Waals surface area contributed by atoms with Crippen LogP contribution >= 0.6 is 0 Å². The maximum absolute atomic E-state index is 5.46. The molecule has 0 saturated heterocycles. The molecule has 0 aromatic rings. The maximum atomic E-state index is 5.46.